The van der Waals surface area contributed by atoms with Gasteiger partial charge in [-0.25, -0.2) is 4.98 Å². The van der Waals surface area contributed by atoms with Gasteiger partial charge in [0.1, 0.15) is 17.2 Å². The quantitative estimate of drug-likeness (QED) is 0.473. The molecule has 3 N–H and O–H groups in total. The molecule has 29 heavy (non-hydrogen) atoms. The van der Waals surface area contributed by atoms with E-state index in [-0.39, 0.29) is 11.8 Å². The number of nitrogens with two attached hydrogens (primary N) is 1. The molecule has 1 aliphatic carbocycles. The number of nitrogen functional groups attached to an aromatic ring is 1. The van der Waals surface area contributed by atoms with Crippen molar-refractivity contribution in [2.75, 3.05) is 5.73 Å². The zero-order valence-corrected chi connectivity index (χ0v) is 17.0. The van der Waals surface area contributed by atoms with Crippen LogP contribution in [0.25, 0.3) is 27.9 Å². The van der Waals surface area contributed by atoms with Crippen LogP contribution in [0, 0.1) is 5.92 Å². The van der Waals surface area contributed by atoms with Gasteiger partial charge in [0.25, 0.3) is 0 Å². The van der Waals surface area contributed by atoms with Crippen molar-refractivity contribution in [1.82, 2.24) is 19.6 Å². The predicted octanol–water partition coefficient (Wildman–Crippen LogP) is 4.24. The Morgan fingerprint density at radius 3 is 2.79 bits per heavy atom. The standard InChI is InChI=1S/C20H18BrN5O3/c21-16-17(10-1-3-11(4-2-10)20(27)28)25-19-13(9-24-26(19)18(16)22)15-7-12-8-23-6-5-14(12)29-15/h5-11H,1-4,22H2,(H,27,28). The largest absolute Gasteiger partial charge is 0.481 e. The molecule has 0 atom stereocenters. The molecule has 4 heterocycles. The minimum absolute atomic E-state index is 0.148. The van der Waals surface area contributed by atoms with Gasteiger partial charge in [0.15, 0.2) is 5.65 Å². The molecule has 0 unspecified atom stereocenters. The Kier molecular flexibility index (Phi) is 4.27. The molecule has 8 nitrogen and oxygen atoms in total. The van der Waals surface area contributed by atoms with Crippen LogP contribution in [-0.2, 0) is 4.79 Å². The maximum absolute atomic E-state index is 11.3. The fourth-order valence-electron chi connectivity index (χ4n) is 4.09. The van der Waals surface area contributed by atoms with Crippen molar-refractivity contribution in [3.63, 3.8) is 0 Å². The Bertz CT molecular complexity index is 1210. The monoisotopic (exact) mass is 455 g/mol. The third kappa shape index (κ3) is 2.96. The first-order valence-electron chi connectivity index (χ1n) is 9.42. The minimum atomic E-state index is -0.720. The average molecular weight is 456 g/mol. The predicted molar refractivity (Wildman–Crippen MR) is 110 cm³/mol. The van der Waals surface area contributed by atoms with Gasteiger partial charge in [-0.05, 0) is 53.7 Å². The fourth-order valence-corrected chi connectivity index (χ4v) is 4.67. The SMILES string of the molecule is Nc1c(Br)c(C2CCC(C(=O)O)CC2)nc2c(-c3cc4cnccc4o3)cnn12. The van der Waals surface area contributed by atoms with Crippen molar-refractivity contribution in [2.24, 2.45) is 5.92 Å². The number of anilines is 1. The maximum atomic E-state index is 11.3. The molecule has 1 aliphatic rings. The highest BCUT2D eigenvalue weighted by Crippen LogP contribution is 2.41. The van der Waals surface area contributed by atoms with Crippen LogP contribution in [-0.4, -0.2) is 30.7 Å². The topological polar surface area (TPSA) is 120 Å². The second-order valence-electron chi connectivity index (χ2n) is 7.40. The average Bonchev–Trinajstić information content (AvgIpc) is 3.34. The molecule has 0 amide bonds. The number of hydrogen-bond donors (Lipinski definition) is 2. The number of carbonyl (C=O) groups is 1. The summed E-state index contributed by atoms with van der Waals surface area (Å²) in [4.78, 5) is 20.3. The smallest absolute Gasteiger partial charge is 0.306 e. The molecular formula is C20H18BrN5O3. The van der Waals surface area contributed by atoms with Gasteiger partial charge in [-0.2, -0.15) is 9.61 Å². The van der Waals surface area contributed by atoms with E-state index in [9.17, 15) is 9.90 Å². The first-order chi connectivity index (χ1) is 14.0. The number of rotatable bonds is 3. The normalized spacial score (nSPS) is 19.8. The Morgan fingerprint density at radius 2 is 2.07 bits per heavy atom. The minimum Gasteiger partial charge on any atom is -0.481 e. The van der Waals surface area contributed by atoms with Gasteiger partial charge in [-0.1, -0.05) is 0 Å². The van der Waals surface area contributed by atoms with Crippen LogP contribution in [0.5, 0.6) is 0 Å². The molecule has 0 saturated heterocycles. The summed E-state index contributed by atoms with van der Waals surface area (Å²) in [6.07, 6.45) is 7.93. The van der Waals surface area contributed by atoms with E-state index in [2.05, 4.69) is 26.0 Å². The molecule has 5 rings (SSSR count). The van der Waals surface area contributed by atoms with E-state index in [0.717, 1.165) is 35.1 Å². The molecule has 9 heteroatoms. The summed E-state index contributed by atoms with van der Waals surface area (Å²) < 4.78 is 8.27. The van der Waals surface area contributed by atoms with Crippen LogP contribution in [0.1, 0.15) is 37.3 Å². The van der Waals surface area contributed by atoms with E-state index in [1.54, 1.807) is 23.1 Å². The van der Waals surface area contributed by atoms with Crippen LogP contribution >= 0.6 is 15.9 Å². The van der Waals surface area contributed by atoms with E-state index in [4.69, 9.17) is 15.1 Å². The lowest BCUT2D eigenvalue weighted by Crippen LogP contribution is -2.21. The van der Waals surface area contributed by atoms with Gasteiger partial charge in [0, 0.05) is 23.7 Å². The van der Waals surface area contributed by atoms with Crippen molar-refractivity contribution in [1.29, 1.82) is 0 Å². The molecule has 4 aromatic heterocycles. The Balaban J connectivity index is 1.59. The molecule has 148 valence electrons. The Labute approximate surface area is 173 Å². The van der Waals surface area contributed by atoms with Gasteiger partial charge < -0.3 is 15.3 Å². The summed E-state index contributed by atoms with van der Waals surface area (Å²) in [5.74, 6) is 0.269. The molecule has 0 aliphatic heterocycles. The van der Waals surface area contributed by atoms with Crippen LogP contribution in [0.2, 0.25) is 0 Å². The molecule has 4 aromatic rings. The number of aliphatic carboxylic acids is 1. The second-order valence-corrected chi connectivity index (χ2v) is 8.19. The van der Waals surface area contributed by atoms with Gasteiger partial charge in [-0.15, -0.1) is 0 Å². The van der Waals surface area contributed by atoms with Crippen LogP contribution in [0.3, 0.4) is 0 Å². The number of nitrogens with zero attached hydrogens (tertiary/aromatic N) is 4. The number of carboxylic acid groups (broad SMARTS) is 1. The van der Waals surface area contributed by atoms with Crippen molar-refractivity contribution >= 4 is 44.3 Å². The van der Waals surface area contributed by atoms with Gasteiger partial charge in [0.05, 0.1) is 27.8 Å². The summed E-state index contributed by atoms with van der Waals surface area (Å²) in [5, 5.41) is 14.6. The number of pyridine rings is 1. The number of fused-ring (bicyclic) bond motifs is 2. The molecule has 0 aromatic carbocycles. The maximum Gasteiger partial charge on any atom is 0.306 e. The van der Waals surface area contributed by atoms with E-state index in [1.165, 1.54) is 0 Å². The number of furan rings is 1. The molecule has 0 spiro atoms. The third-order valence-corrected chi connectivity index (χ3v) is 6.51. The number of aromatic nitrogens is 4. The second kappa shape index (κ2) is 6.84. The van der Waals surface area contributed by atoms with Crippen molar-refractivity contribution in [2.45, 2.75) is 31.6 Å². The summed E-state index contributed by atoms with van der Waals surface area (Å²) in [6, 6.07) is 3.73. The van der Waals surface area contributed by atoms with Crippen LogP contribution in [0.4, 0.5) is 5.82 Å². The van der Waals surface area contributed by atoms with Gasteiger partial charge in [-0.3, -0.25) is 9.78 Å². The van der Waals surface area contributed by atoms with Crippen molar-refractivity contribution in [3.05, 3.63) is 40.9 Å². The van der Waals surface area contributed by atoms with E-state index in [0.29, 0.717) is 34.5 Å². The zero-order chi connectivity index (χ0) is 20.1. The Morgan fingerprint density at radius 1 is 1.28 bits per heavy atom. The molecule has 0 radical (unpaired) electrons. The fraction of sp³-hybridized carbons (Fsp3) is 0.300. The zero-order valence-electron chi connectivity index (χ0n) is 15.4. The van der Waals surface area contributed by atoms with Crippen LogP contribution in [0.15, 0.2) is 39.6 Å². The number of halogens is 1. The molecule has 1 saturated carbocycles. The highest BCUT2D eigenvalue weighted by Gasteiger charge is 2.30. The van der Waals surface area contributed by atoms with E-state index in [1.807, 2.05) is 12.1 Å². The Hall–Kier alpha value is -2.94. The van der Waals surface area contributed by atoms with Crippen molar-refractivity contribution < 1.29 is 14.3 Å². The summed E-state index contributed by atoms with van der Waals surface area (Å²) in [7, 11) is 0. The number of hydrogen-bond acceptors (Lipinski definition) is 6. The third-order valence-electron chi connectivity index (χ3n) is 5.69. The first-order valence-corrected chi connectivity index (χ1v) is 10.2. The molecule has 1 fully saturated rings. The first kappa shape index (κ1) is 18.1. The number of carboxylic acids is 1. The summed E-state index contributed by atoms with van der Waals surface area (Å²) in [6.45, 7) is 0. The molecular weight excluding hydrogens is 438 g/mol. The lowest BCUT2D eigenvalue weighted by molar-refractivity contribution is -0.142. The van der Waals surface area contributed by atoms with Gasteiger partial charge in [0.2, 0.25) is 0 Å². The summed E-state index contributed by atoms with van der Waals surface area (Å²) in [5.41, 5.74) is 9.30. The highest BCUT2D eigenvalue weighted by molar-refractivity contribution is 9.10. The van der Waals surface area contributed by atoms with Crippen molar-refractivity contribution in [3.8, 4) is 11.3 Å². The van der Waals surface area contributed by atoms with Gasteiger partial charge >= 0.3 is 5.97 Å². The van der Waals surface area contributed by atoms with E-state index >= 15 is 0 Å². The highest BCUT2D eigenvalue weighted by atomic mass is 79.9. The summed E-state index contributed by atoms with van der Waals surface area (Å²) >= 11 is 3.58. The van der Waals surface area contributed by atoms with Crippen LogP contribution < -0.4 is 5.73 Å². The molecule has 0 bridgehead atoms. The lowest BCUT2D eigenvalue weighted by atomic mass is 9.80. The lowest BCUT2D eigenvalue weighted by Gasteiger charge is -2.26. The van der Waals surface area contributed by atoms with E-state index < -0.39 is 5.97 Å².